The molecule has 4 rings (SSSR count). The Hall–Kier alpha value is -2.40. The highest BCUT2D eigenvalue weighted by Gasteiger charge is 2.26. The van der Waals surface area contributed by atoms with Gasteiger partial charge in [-0.3, -0.25) is 9.78 Å². The van der Waals surface area contributed by atoms with E-state index in [1.807, 2.05) is 31.3 Å². The molecule has 3 heterocycles. The van der Waals surface area contributed by atoms with E-state index in [-0.39, 0.29) is 5.91 Å². The molecular weight excluding hydrogens is 314 g/mol. The van der Waals surface area contributed by atoms with Gasteiger partial charge in [0.2, 0.25) is 0 Å². The van der Waals surface area contributed by atoms with E-state index in [4.69, 9.17) is 4.74 Å². The maximum atomic E-state index is 12.6. The predicted octanol–water partition coefficient (Wildman–Crippen LogP) is 2.05. The number of ether oxygens (including phenoxy) is 1. The molecule has 0 saturated heterocycles. The molecule has 25 heavy (non-hydrogen) atoms. The number of aromatic nitrogens is 1. The van der Waals surface area contributed by atoms with E-state index in [1.165, 1.54) is 16.7 Å². The molecule has 0 spiro atoms. The van der Waals surface area contributed by atoms with Crippen LogP contribution in [0.4, 0.5) is 0 Å². The molecule has 1 aromatic carbocycles. The number of benzene rings is 1. The molecule has 0 fully saturated rings. The smallest absolute Gasteiger partial charge is 0.261 e. The second-order valence-electron chi connectivity index (χ2n) is 6.72. The van der Waals surface area contributed by atoms with Crippen molar-refractivity contribution in [2.45, 2.75) is 45.4 Å². The summed E-state index contributed by atoms with van der Waals surface area (Å²) in [6.07, 6.45) is 4.11. The lowest BCUT2D eigenvalue weighted by molar-refractivity contribution is -0.128. The van der Waals surface area contributed by atoms with Crippen LogP contribution in [-0.4, -0.2) is 23.5 Å². The Morgan fingerprint density at radius 1 is 1.32 bits per heavy atom. The zero-order chi connectivity index (χ0) is 17.2. The summed E-state index contributed by atoms with van der Waals surface area (Å²) >= 11 is 0. The first-order valence-electron chi connectivity index (χ1n) is 8.91. The van der Waals surface area contributed by atoms with Gasteiger partial charge in [0.15, 0.2) is 6.10 Å². The lowest BCUT2D eigenvalue weighted by Gasteiger charge is -2.26. The van der Waals surface area contributed by atoms with Gasteiger partial charge in [-0.1, -0.05) is 18.2 Å². The van der Waals surface area contributed by atoms with Gasteiger partial charge in [0.1, 0.15) is 5.75 Å². The quantitative estimate of drug-likeness (QED) is 0.900. The first-order valence-corrected chi connectivity index (χ1v) is 8.91. The standard InChI is InChI=1S/C20H23N3O2/c1-13-17(16-8-9-21-10-15(16)11-22-13)12-23-20(24)19-7-6-14-4-2-3-5-18(14)25-19/h2-5,11,19,21H,6-10,12H2,1H3,(H,23,24). The van der Waals surface area contributed by atoms with Crippen molar-refractivity contribution in [3.05, 3.63) is 58.4 Å². The van der Waals surface area contributed by atoms with Crippen molar-refractivity contribution in [1.29, 1.82) is 0 Å². The zero-order valence-electron chi connectivity index (χ0n) is 14.5. The van der Waals surface area contributed by atoms with Gasteiger partial charge < -0.3 is 15.4 Å². The normalized spacial score (nSPS) is 18.7. The number of hydrogen-bond acceptors (Lipinski definition) is 4. The highest BCUT2D eigenvalue weighted by molar-refractivity contribution is 5.81. The second-order valence-corrected chi connectivity index (χ2v) is 6.72. The average Bonchev–Trinajstić information content (AvgIpc) is 2.66. The van der Waals surface area contributed by atoms with Gasteiger partial charge in [0.25, 0.3) is 5.91 Å². The molecule has 130 valence electrons. The van der Waals surface area contributed by atoms with Crippen LogP contribution >= 0.6 is 0 Å². The maximum absolute atomic E-state index is 12.6. The molecular formula is C20H23N3O2. The van der Waals surface area contributed by atoms with Gasteiger partial charge in [-0.25, -0.2) is 0 Å². The van der Waals surface area contributed by atoms with Gasteiger partial charge >= 0.3 is 0 Å². The summed E-state index contributed by atoms with van der Waals surface area (Å²) < 4.78 is 5.89. The van der Waals surface area contributed by atoms with Crippen LogP contribution in [0.25, 0.3) is 0 Å². The van der Waals surface area contributed by atoms with Crippen molar-refractivity contribution >= 4 is 5.91 Å². The highest BCUT2D eigenvalue weighted by Crippen LogP contribution is 2.27. The SMILES string of the molecule is Cc1ncc2c(c1CNC(=O)C1CCc3ccccc3O1)CCNC2. The van der Waals surface area contributed by atoms with E-state index < -0.39 is 6.10 Å². The fourth-order valence-corrected chi connectivity index (χ4v) is 3.68. The number of hydrogen-bond donors (Lipinski definition) is 2. The molecule has 1 amide bonds. The number of fused-ring (bicyclic) bond motifs is 2. The number of nitrogens with one attached hydrogen (secondary N) is 2. The third kappa shape index (κ3) is 3.24. The Labute approximate surface area is 147 Å². The van der Waals surface area contributed by atoms with Crippen molar-refractivity contribution < 1.29 is 9.53 Å². The van der Waals surface area contributed by atoms with Crippen molar-refractivity contribution in [2.75, 3.05) is 6.54 Å². The average molecular weight is 337 g/mol. The third-order valence-electron chi connectivity index (χ3n) is 5.12. The van der Waals surface area contributed by atoms with Crippen LogP contribution < -0.4 is 15.4 Å². The molecule has 0 saturated carbocycles. The van der Waals surface area contributed by atoms with Gasteiger partial charge in [0, 0.05) is 25.0 Å². The van der Waals surface area contributed by atoms with Crippen LogP contribution in [0, 0.1) is 6.92 Å². The lowest BCUT2D eigenvalue weighted by atomic mass is 9.96. The molecule has 5 heteroatoms. The number of amides is 1. The van der Waals surface area contributed by atoms with Gasteiger partial charge in [-0.15, -0.1) is 0 Å². The van der Waals surface area contributed by atoms with E-state index in [0.29, 0.717) is 6.54 Å². The number of aryl methyl sites for hydroxylation is 2. The van der Waals surface area contributed by atoms with E-state index in [0.717, 1.165) is 49.4 Å². The summed E-state index contributed by atoms with van der Waals surface area (Å²) in [5.74, 6) is 0.787. The highest BCUT2D eigenvalue weighted by atomic mass is 16.5. The Bertz CT molecular complexity index is 804. The monoisotopic (exact) mass is 337 g/mol. The Kier molecular flexibility index (Phi) is 4.40. The molecule has 2 aliphatic rings. The molecule has 1 aromatic heterocycles. The minimum atomic E-state index is -0.413. The first-order chi connectivity index (χ1) is 12.2. The molecule has 0 bridgehead atoms. The summed E-state index contributed by atoms with van der Waals surface area (Å²) in [6.45, 7) is 4.35. The van der Waals surface area contributed by atoms with Crippen molar-refractivity contribution in [2.24, 2.45) is 0 Å². The number of para-hydroxylation sites is 1. The fraction of sp³-hybridized carbons (Fsp3) is 0.400. The van der Waals surface area contributed by atoms with Gasteiger partial charge in [0.05, 0.1) is 0 Å². The number of carbonyl (C=O) groups is 1. The van der Waals surface area contributed by atoms with E-state index in [1.54, 1.807) is 0 Å². The number of rotatable bonds is 3. The third-order valence-corrected chi connectivity index (χ3v) is 5.12. The van der Waals surface area contributed by atoms with Crippen LogP contribution in [0.2, 0.25) is 0 Å². The molecule has 0 radical (unpaired) electrons. The predicted molar refractivity (Wildman–Crippen MR) is 95.4 cm³/mol. The maximum Gasteiger partial charge on any atom is 0.261 e. The summed E-state index contributed by atoms with van der Waals surface area (Å²) in [5.41, 5.74) is 5.90. The zero-order valence-corrected chi connectivity index (χ0v) is 14.5. The number of pyridine rings is 1. The second kappa shape index (κ2) is 6.84. The van der Waals surface area contributed by atoms with E-state index in [2.05, 4.69) is 21.7 Å². The van der Waals surface area contributed by atoms with Crippen molar-refractivity contribution in [3.8, 4) is 5.75 Å². The topological polar surface area (TPSA) is 63.2 Å². The summed E-state index contributed by atoms with van der Waals surface area (Å²) in [6, 6.07) is 7.94. The molecule has 5 nitrogen and oxygen atoms in total. The molecule has 0 aliphatic carbocycles. The van der Waals surface area contributed by atoms with Crippen LogP contribution in [0.3, 0.4) is 0 Å². The fourth-order valence-electron chi connectivity index (χ4n) is 3.68. The van der Waals surface area contributed by atoms with Crippen LogP contribution in [-0.2, 0) is 30.7 Å². The van der Waals surface area contributed by atoms with Crippen LogP contribution in [0.1, 0.15) is 34.4 Å². The molecule has 2 aliphatic heterocycles. The number of nitrogens with zero attached hydrogens (tertiary/aromatic N) is 1. The minimum absolute atomic E-state index is 0.0413. The Balaban J connectivity index is 1.45. The summed E-state index contributed by atoms with van der Waals surface area (Å²) in [7, 11) is 0. The van der Waals surface area contributed by atoms with Gasteiger partial charge in [-0.2, -0.15) is 0 Å². The first kappa shape index (κ1) is 16.1. The lowest BCUT2D eigenvalue weighted by Crippen LogP contribution is -2.40. The molecule has 1 atom stereocenters. The molecule has 1 unspecified atom stereocenters. The van der Waals surface area contributed by atoms with Crippen LogP contribution in [0.5, 0.6) is 5.75 Å². The summed E-state index contributed by atoms with van der Waals surface area (Å²) in [4.78, 5) is 17.1. The van der Waals surface area contributed by atoms with E-state index in [9.17, 15) is 4.79 Å². The molecule has 2 aromatic rings. The van der Waals surface area contributed by atoms with Gasteiger partial charge in [-0.05, 0) is 61.1 Å². The Morgan fingerprint density at radius 2 is 2.20 bits per heavy atom. The molecule has 2 N–H and O–H groups in total. The van der Waals surface area contributed by atoms with Crippen LogP contribution in [0.15, 0.2) is 30.5 Å². The van der Waals surface area contributed by atoms with Crippen molar-refractivity contribution in [1.82, 2.24) is 15.6 Å². The summed E-state index contributed by atoms with van der Waals surface area (Å²) in [5, 5.41) is 6.43. The largest absolute Gasteiger partial charge is 0.480 e. The number of carbonyl (C=O) groups excluding carboxylic acids is 1. The van der Waals surface area contributed by atoms with Crippen molar-refractivity contribution in [3.63, 3.8) is 0 Å². The Morgan fingerprint density at radius 3 is 3.12 bits per heavy atom. The van der Waals surface area contributed by atoms with E-state index >= 15 is 0 Å². The minimum Gasteiger partial charge on any atom is -0.480 e.